The fourth-order valence-electron chi connectivity index (χ4n) is 6.69. The first-order chi connectivity index (χ1) is 29.0. The quantitative estimate of drug-likeness (QED) is 0.0572. The molecule has 4 aromatic carbocycles. The number of aromatic hydroxyl groups is 1. The van der Waals surface area contributed by atoms with Crippen molar-refractivity contribution in [2.24, 2.45) is 11.3 Å². The third-order valence-electron chi connectivity index (χ3n) is 10.4. The number of aliphatic hydroxyl groups excluding tert-OH is 1. The number of alkyl carbamates (subject to hydrolysis) is 1. The van der Waals surface area contributed by atoms with Crippen LogP contribution in [0.2, 0.25) is 0 Å². The van der Waals surface area contributed by atoms with Crippen LogP contribution in [0.3, 0.4) is 0 Å². The Kier molecular flexibility index (Phi) is 17.7. The van der Waals surface area contributed by atoms with Crippen molar-refractivity contribution >= 4 is 23.8 Å². The predicted octanol–water partition coefficient (Wildman–Crippen LogP) is 5.87. The summed E-state index contributed by atoms with van der Waals surface area (Å²) in [6.07, 6.45) is -2.21. The number of ether oxygens (including phenoxy) is 2. The van der Waals surface area contributed by atoms with Gasteiger partial charge in [0.05, 0.1) is 19.3 Å². The molecular weight excluding hydrogens is 775 g/mol. The van der Waals surface area contributed by atoms with E-state index in [4.69, 9.17) is 9.47 Å². The number of amides is 4. The van der Waals surface area contributed by atoms with Gasteiger partial charge < -0.3 is 41.0 Å². The van der Waals surface area contributed by atoms with Crippen LogP contribution in [0.4, 0.5) is 4.79 Å². The Morgan fingerprint density at radius 2 is 1.31 bits per heavy atom. The highest BCUT2D eigenvalue weighted by Gasteiger charge is 2.39. The average Bonchev–Trinajstić information content (AvgIpc) is 3.23. The molecule has 328 valence electrons. The molecule has 61 heavy (non-hydrogen) atoms. The van der Waals surface area contributed by atoms with Gasteiger partial charge in [0.2, 0.25) is 17.7 Å². The van der Waals surface area contributed by atoms with Gasteiger partial charge in [-0.3, -0.25) is 19.7 Å². The van der Waals surface area contributed by atoms with Crippen LogP contribution < -0.4 is 31.3 Å². The summed E-state index contributed by atoms with van der Waals surface area (Å²) >= 11 is 0. The number of aliphatic hydroxyl groups is 1. The van der Waals surface area contributed by atoms with E-state index in [9.17, 15) is 29.4 Å². The number of benzene rings is 4. The molecule has 7 N–H and O–H groups in total. The van der Waals surface area contributed by atoms with Gasteiger partial charge in [-0.1, -0.05) is 133 Å². The monoisotopic (exact) mass is 837 g/mol. The van der Waals surface area contributed by atoms with Gasteiger partial charge in [0, 0.05) is 24.7 Å². The summed E-state index contributed by atoms with van der Waals surface area (Å²) in [7, 11) is 1.48. The second-order valence-corrected chi connectivity index (χ2v) is 17.0. The van der Waals surface area contributed by atoms with Crippen molar-refractivity contribution in [3.8, 4) is 11.5 Å². The van der Waals surface area contributed by atoms with E-state index in [0.717, 1.165) is 22.3 Å². The van der Waals surface area contributed by atoms with Gasteiger partial charge in [0.15, 0.2) is 0 Å². The van der Waals surface area contributed by atoms with Crippen molar-refractivity contribution in [2.45, 2.75) is 111 Å². The standard InChI is InChI=1S/C48H63N5O8/c1-30(2)35-21-19-33(20-22-35)27-49-41(45(57)52-40(31(3)4)44(56)50-28-36-23-24-37(60-8)26-39(36)54)42(55)38(25-32-15-11-9-12-16-32)51-46(58)43(48(5,6)7)53-47(59)61-29-34-17-13-10-14-18-34/h9-24,26,30-31,38,40-43,49,54-55H,25,27-29H2,1-8H3,(H,50,56)(H,51,58)(H,52,57)(H,53,59)/t38-,40-,41+,42-,43+/m0/s1. The first-order valence-corrected chi connectivity index (χ1v) is 20.7. The molecule has 0 heterocycles. The molecule has 0 aliphatic rings. The van der Waals surface area contributed by atoms with Gasteiger partial charge in [0.25, 0.3) is 0 Å². The molecule has 4 amide bonds. The van der Waals surface area contributed by atoms with Crippen LogP contribution >= 0.6 is 0 Å². The highest BCUT2D eigenvalue weighted by Crippen LogP contribution is 2.24. The SMILES string of the molecule is COc1ccc(CNC(=O)[C@@H](NC(=O)[C@H](NCc2ccc(C(C)C)cc2)[C@@H](O)[C@H](Cc2ccccc2)NC(=O)[C@@H](NC(=O)OCc2ccccc2)C(C)(C)C)C(C)C)c(O)c1. The average molecular weight is 838 g/mol. The van der Waals surface area contributed by atoms with Crippen molar-refractivity contribution in [2.75, 3.05) is 7.11 Å². The van der Waals surface area contributed by atoms with Crippen LogP contribution in [0.15, 0.2) is 103 Å². The summed E-state index contributed by atoms with van der Waals surface area (Å²) < 4.78 is 10.6. The number of methoxy groups -OCH3 is 1. The Hall–Kier alpha value is -5.92. The summed E-state index contributed by atoms with van der Waals surface area (Å²) in [5.74, 6) is -1.42. The molecule has 0 bridgehead atoms. The van der Waals surface area contributed by atoms with Crippen LogP contribution in [-0.4, -0.2) is 71.4 Å². The van der Waals surface area contributed by atoms with Gasteiger partial charge >= 0.3 is 6.09 Å². The topological polar surface area (TPSA) is 187 Å². The van der Waals surface area contributed by atoms with Crippen LogP contribution in [0.25, 0.3) is 0 Å². The lowest BCUT2D eigenvalue weighted by Gasteiger charge is -2.35. The van der Waals surface area contributed by atoms with E-state index >= 15 is 0 Å². The van der Waals surface area contributed by atoms with Crippen LogP contribution in [0, 0.1) is 11.3 Å². The maximum absolute atomic E-state index is 14.5. The molecule has 0 saturated carbocycles. The zero-order chi connectivity index (χ0) is 44.7. The minimum Gasteiger partial charge on any atom is -0.507 e. The van der Waals surface area contributed by atoms with E-state index in [2.05, 4.69) is 40.4 Å². The summed E-state index contributed by atoms with van der Waals surface area (Å²) in [4.78, 5) is 55.5. The summed E-state index contributed by atoms with van der Waals surface area (Å²) in [5.41, 5.74) is 3.20. The lowest BCUT2D eigenvalue weighted by atomic mass is 9.85. The Morgan fingerprint density at radius 3 is 1.87 bits per heavy atom. The van der Waals surface area contributed by atoms with E-state index < -0.39 is 59.5 Å². The van der Waals surface area contributed by atoms with Crippen LogP contribution in [-0.2, 0) is 45.2 Å². The normalized spacial score (nSPS) is 14.0. The van der Waals surface area contributed by atoms with E-state index in [1.165, 1.54) is 13.2 Å². The lowest BCUT2D eigenvalue weighted by Crippen LogP contribution is -2.63. The molecule has 13 nitrogen and oxygen atoms in total. The third kappa shape index (κ3) is 14.6. The predicted molar refractivity (Wildman–Crippen MR) is 236 cm³/mol. The first kappa shape index (κ1) is 47.8. The highest BCUT2D eigenvalue weighted by molar-refractivity contribution is 5.91. The minimum atomic E-state index is -1.54. The Morgan fingerprint density at radius 1 is 0.689 bits per heavy atom. The van der Waals surface area contributed by atoms with Crippen molar-refractivity contribution < 1.29 is 38.9 Å². The van der Waals surface area contributed by atoms with Gasteiger partial charge in [-0.25, -0.2) is 4.79 Å². The molecule has 13 heteroatoms. The minimum absolute atomic E-state index is 0.00249. The number of carbonyl (C=O) groups is 4. The van der Waals surface area contributed by atoms with Crippen molar-refractivity contribution in [3.05, 3.63) is 131 Å². The Balaban J connectivity index is 1.62. The van der Waals surface area contributed by atoms with Gasteiger partial charge in [-0.15, -0.1) is 0 Å². The third-order valence-corrected chi connectivity index (χ3v) is 10.4. The zero-order valence-electron chi connectivity index (χ0n) is 36.5. The number of hydrogen-bond acceptors (Lipinski definition) is 9. The zero-order valence-corrected chi connectivity index (χ0v) is 36.5. The number of carbonyl (C=O) groups excluding carboxylic acids is 4. The number of phenols is 1. The summed E-state index contributed by atoms with van der Waals surface area (Å²) in [5, 5.41) is 37.4. The van der Waals surface area contributed by atoms with E-state index in [-0.39, 0.29) is 37.8 Å². The Bertz CT molecular complexity index is 2020. The second kappa shape index (κ2) is 22.6. The van der Waals surface area contributed by atoms with Gasteiger partial charge in [0.1, 0.15) is 36.2 Å². The molecule has 4 aromatic rings. The van der Waals surface area contributed by atoms with Crippen LogP contribution in [0.1, 0.15) is 82.2 Å². The van der Waals surface area contributed by atoms with Crippen molar-refractivity contribution in [1.82, 2.24) is 26.6 Å². The molecule has 0 spiro atoms. The maximum Gasteiger partial charge on any atom is 0.408 e. The van der Waals surface area contributed by atoms with E-state index in [1.807, 2.05) is 84.9 Å². The molecule has 0 radical (unpaired) electrons. The molecule has 0 unspecified atom stereocenters. The molecule has 0 aliphatic heterocycles. The molecule has 4 rings (SSSR count). The number of phenolic OH excluding ortho intramolecular Hbond substituents is 1. The van der Waals surface area contributed by atoms with Gasteiger partial charge in [-0.2, -0.15) is 0 Å². The van der Waals surface area contributed by atoms with Crippen molar-refractivity contribution in [1.29, 1.82) is 0 Å². The molecule has 0 saturated heterocycles. The summed E-state index contributed by atoms with van der Waals surface area (Å²) in [6, 6.07) is 26.5. The number of hydrogen-bond donors (Lipinski definition) is 7. The highest BCUT2D eigenvalue weighted by atomic mass is 16.5. The first-order valence-electron chi connectivity index (χ1n) is 20.7. The lowest BCUT2D eigenvalue weighted by molar-refractivity contribution is -0.134. The fraction of sp³-hybridized carbons (Fsp3) is 0.417. The number of nitrogens with one attached hydrogen (secondary N) is 5. The molecule has 0 aromatic heterocycles. The largest absolute Gasteiger partial charge is 0.507 e. The summed E-state index contributed by atoms with van der Waals surface area (Å²) in [6.45, 7) is 13.3. The van der Waals surface area contributed by atoms with E-state index in [0.29, 0.717) is 17.2 Å². The van der Waals surface area contributed by atoms with Crippen molar-refractivity contribution in [3.63, 3.8) is 0 Å². The number of rotatable bonds is 20. The second-order valence-electron chi connectivity index (χ2n) is 17.0. The van der Waals surface area contributed by atoms with Crippen LogP contribution in [0.5, 0.6) is 11.5 Å². The van der Waals surface area contributed by atoms with E-state index in [1.54, 1.807) is 46.8 Å². The maximum atomic E-state index is 14.5. The molecule has 0 fully saturated rings. The fourth-order valence-corrected chi connectivity index (χ4v) is 6.69. The molecule has 0 aliphatic carbocycles. The molecule has 5 atom stereocenters. The smallest absolute Gasteiger partial charge is 0.408 e. The Labute approximate surface area is 360 Å². The van der Waals surface area contributed by atoms with Gasteiger partial charge in [-0.05, 0) is 58.1 Å². The molecular formula is C48H63N5O8.